The second-order valence-electron chi connectivity index (χ2n) is 6.55. The minimum atomic E-state index is 0.421. The van der Waals surface area contributed by atoms with E-state index < -0.39 is 0 Å². The number of hydrogen-bond donors (Lipinski definition) is 0. The summed E-state index contributed by atoms with van der Waals surface area (Å²) in [7, 11) is 0. The lowest BCUT2D eigenvalue weighted by Gasteiger charge is -2.36. The molecule has 0 saturated heterocycles. The molecule has 0 radical (unpaired) electrons. The Bertz CT molecular complexity index is 596. The lowest BCUT2D eigenvalue weighted by atomic mass is 9.75. The molecule has 0 atom stereocenters. The van der Waals surface area contributed by atoms with Crippen LogP contribution in [-0.4, -0.2) is 14.9 Å². The van der Waals surface area contributed by atoms with Crippen LogP contribution in [0.4, 0.5) is 0 Å². The van der Waals surface area contributed by atoms with E-state index in [1.807, 2.05) is 0 Å². The largest absolute Gasteiger partial charge is 0.327 e. The van der Waals surface area contributed by atoms with Crippen molar-refractivity contribution >= 4 is 27.0 Å². The van der Waals surface area contributed by atoms with Gasteiger partial charge in [-0.05, 0) is 36.8 Å². The number of alkyl halides is 1. The third-order valence-electron chi connectivity index (χ3n) is 4.90. The highest BCUT2D eigenvalue weighted by Gasteiger charge is 2.32. The maximum absolute atomic E-state index is 4.88. The summed E-state index contributed by atoms with van der Waals surface area (Å²) in [6, 6.07) is 8.60. The predicted octanol–water partition coefficient (Wildman–Crippen LogP) is 5.33. The molecule has 1 aliphatic rings. The van der Waals surface area contributed by atoms with E-state index in [0.717, 1.165) is 30.2 Å². The van der Waals surface area contributed by atoms with Crippen molar-refractivity contribution in [2.45, 2.75) is 58.4 Å². The van der Waals surface area contributed by atoms with Gasteiger partial charge in [0.2, 0.25) is 0 Å². The number of nitrogens with zero attached hydrogens (tertiary/aromatic N) is 2. The molecule has 2 aromatic rings. The van der Waals surface area contributed by atoms with Gasteiger partial charge in [0.15, 0.2) is 0 Å². The summed E-state index contributed by atoms with van der Waals surface area (Å²) in [6.45, 7) is 3.36. The average molecular weight is 349 g/mol. The van der Waals surface area contributed by atoms with Crippen LogP contribution in [0.15, 0.2) is 24.3 Å². The zero-order valence-electron chi connectivity index (χ0n) is 12.9. The molecule has 1 aromatic heterocycles. The van der Waals surface area contributed by atoms with Gasteiger partial charge >= 0.3 is 0 Å². The molecule has 2 nitrogen and oxygen atoms in total. The monoisotopic (exact) mass is 348 g/mol. The Balaban J connectivity index is 1.99. The fourth-order valence-corrected chi connectivity index (χ4v) is 4.43. The van der Waals surface area contributed by atoms with Crippen molar-refractivity contribution in [3.8, 4) is 0 Å². The van der Waals surface area contributed by atoms with Crippen LogP contribution in [0.3, 0.4) is 0 Å². The number of fused-ring (bicyclic) bond motifs is 1. The van der Waals surface area contributed by atoms with Gasteiger partial charge < -0.3 is 4.57 Å². The molecule has 21 heavy (non-hydrogen) atoms. The Labute approximate surface area is 136 Å². The molecule has 1 aliphatic carbocycles. The summed E-state index contributed by atoms with van der Waals surface area (Å²) in [4.78, 5) is 4.88. The maximum atomic E-state index is 4.88. The van der Waals surface area contributed by atoms with Gasteiger partial charge in [0.05, 0.1) is 11.0 Å². The normalized spacial score (nSPS) is 18.2. The van der Waals surface area contributed by atoms with Crippen LogP contribution in [0.25, 0.3) is 11.0 Å². The molecule has 0 aliphatic heterocycles. The zero-order valence-corrected chi connectivity index (χ0v) is 14.5. The summed E-state index contributed by atoms with van der Waals surface area (Å²) in [5.74, 6) is 1.27. The molecular formula is C18H25BrN2. The van der Waals surface area contributed by atoms with Crippen molar-refractivity contribution in [1.82, 2.24) is 9.55 Å². The molecule has 3 rings (SSSR count). The van der Waals surface area contributed by atoms with Crippen molar-refractivity contribution in [1.29, 1.82) is 0 Å². The number of aromatic nitrogens is 2. The number of aryl methyl sites for hydroxylation is 1. The second kappa shape index (κ2) is 6.51. The van der Waals surface area contributed by atoms with Gasteiger partial charge in [-0.25, -0.2) is 4.98 Å². The highest BCUT2D eigenvalue weighted by molar-refractivity contribution is 9.09. The summed E-state index contributed by atoms with van der Waals surface area (Å²) < 4.78 is 2.51. The van der Waals surface area contributed by atoms with E-state index in [2.05, 4.69) is 51.7 Å². The molecule has 1 saturated carbocycles. The molecule has 1 fully saturated rings. The first-order valence-corrected chi connectivity index (χ1v) is 9.40. The van der Waals surface area contributed by atoms with Gasteiger partial charge in [0, 0.05) is 18.3 Å². The number of imidazole rings is 1. The van der Waals surface area contributed by atoms with Gasteiger partial charge in [-0.1, -0.05) is 54.2 Å². The highest BCUT2D eigenvalue weighted by atomic mass is 79.9. The van der Waals surface area contributed by atoms with Crippen molar-refractivity contribution in [3.63, 3.8) is 0 Å². The van der Waals surface area contributed by atoms with Gasteiger partial charge in [0.25, 0.3) is 0 Å². The molecule has 114 valence electrons. The molecule has 0 spiro atoms. The number of hydrogen-bond acceptors (Lipinski definition) is 1. The van der Waals surface area contributed by atoms with Gasteiger partial charge in [-0.2, -0.15) is 0 Å². The second-order valence-corrected chi connectivity index (χ2v) is 7.11. The Morgan fingerprint density at radius 1 is 1.19 bits per heavy atom. The van der Waals surface area contributed by atoms with Crippen molar-refractivity contribution in [2.75, 3.05) is 5.33 Å². The number of para-hydroxylation sites is 2. The van der Waals surface area contributed by atoms with Crippen LogP contribution in [0, 0.1) is 5.41 Å². The third-order valence-corrected chi connectivity index (χ3v) is 6.09. The molecule has 0 N–H and O–H groups in total. The first-order valence-electron chi connectivity index (χ1n) is 8.28. The molecular weight excluding hydrogens is 324 g/mol. The van der Waals surface area contributed by atoms with Crippen molar-refractivity contribution < 1.29 is 0 Å². The molecule has 0 bridgehead atoms. The van der Waals surface area contributed by atoms with E-state index >= 15 is 0 Å². The highest BCUT2D eigenvalue weighted by Crippen LogP contribution is 2.40. The molecule has 0 unspecified atom stereocenters. The van der Waals surface area contributed by atoms with Crippen LogP contribution in [-0.2, 0) is 13.0 Å². The Morgan fingerprint density at radius 3 is 2.67 bits per heavy atom. The molecule has 3 heteroatoms. The number of rotatable bonds is 5. The van der Waals surface area contributed by atoms with Crippen LogP contribution in [0.2, 0.25) is 0 Å². The standard InChI is InChI=1S/C18H25BrN2/c1-2-8-17-20-15-9-4-5-10-16(15)21(17)14-18(13-19)11-6-3-7-12-18/h4-5,9-10H,2-3,6-8,11-14H2,1H3. The van der Waals surface area contributed by atoms with Gasteiger partial charge in [-0.15, -0.1) is 0 Å². The van der Waals surface area contributed by atoms with E-state index in [0.29, 0.717) is 5.41 Å². The fraction of sp³-hybridized carbons (Fsp3) is 0.611. The lowest BCUT2D eigenvalue weighted by Crippen LogP contribution is -2.31. The Kier molecular flexibility index (Phi) is 4.68. The Hall–Kier alpha value is -0.830. The first kappa shape index (κ1) is 15.1. The minimum absolute atomic E-state index is 0.421. The van der Waals surface area contributed by atoms with E-state index in [4.69, 9.17) is 4.98 Å². The maximum Gasteiger partial charge on any atom is 0.109 e. The molecule has 1 heterocycles. The van der Waals surface area contributed by atoms with Crippen LogP contribution >= 0.6 is 15.9 Å². The van der Waals surface area contributed by atoms with Gasteiger partial charge in [0.1, 0.15) is 5.82 Å². The SMILES string of the molecule is CCCc1nc2ccccc2n1CC1(CBr)CCCCC1. The molecule has 1 aromatic carbocycles. The minimum Gasteiger partial charge on any atom is -0.327 e. The average Bonchev–Trinajstić information content (AvgIpc) is 2.86. The van der Waals surface area contributed by atoms with Crippen LogP contribution in [0.5, 0.6) is 0 Å². The van der Waals surface area contributed by atoms with Gasteiger partial charge in [-0.3, -0.25) is 0 Å². The quantitative estimate of drug-likeness (QED) is 0.667. The first-order chi connectivity index (χ1) is 10.3. The van der Waals surface area contributed by atoms with E-state index in [1.54, 1.807) is 0 Å². The summed E-state index contributed by atoms with van der Waals surface area (Å²) in [5, 5.41) is 1.11. The Morgan fingerprint density at radius 2 is 1.95 bits per heavy atom. The lowest BCUT2D eigenvalue weighted by molar-refractivity contribution is 0.191. The van der Waals surface area contributed by atoms with Crippen LogP contribution < -0.4 is 0 Å². The molecule has 0 amide bonds. The van der Waals surface area contributed by atoms with Crippen molar-refractivity contribution in [3.05, 3.63) is 30.1 Å². The third kappa shape index (κ3) is 3.03. The van der Waals surface area contributed by atoms with E-state index in [9.17, 15) is 0 Å². The number of benzene rings is 1. The zero-order chi connectivity index (χ0) is 14.7. The smallest absolute Gasteiger partial charge is 0.109 e. The van der Waals surface area contributed by atoms with Crippen molar-refractivity contribution in [2.24, 2.45) is 5.41 Å². The predicted molar refractivity (Wildman–Crippen MR) is 93.0 cm³/mol. The topological polar surface area (TPSA) is 17.8 Å². The van der Waals surface area contributed by atoms with Crippen LogP contribution in [0.1, 0.15) is 51.3 Å². The summed E-state index contributed by atoms with van der Waals surface area (Å²) in [6.07, 6.45) is 9.08. The van der Waals surface area contributed by atoms with E-state index in [1.165, 1.54) is 43.4 Å². The summed E-state index contributed by atoms with van der Waals surface area (Å²) in [5.41, 5.74) is 2.89. The number of halogens is 1. The fourth-order valence-electron chi connectivity index (χ4n) is 3.69. The van der Waals surface area contributed by atoms with E-state index in [-0.39, 0.29) is 0 Å². The summed E-state index contributed by atoms with van der Waals surface area (Å²) >= 11 is 3.81.